The van der Waals surface area contributed by atoms with E-state index in [1.54, 1.807) is 0 Å². The lowest BCUT2D eigenvalue weighted by Gasteiger charge is -2.09. The van der Waals surface area contributed by atoms with Crippen LogP contribution in [0.1, 0.15) is 16.8 Å². The Labute approximate surface area is 112 Å². The minimum absolute atomic E-state index is 0.478. The fourth-order valence-electron chi connectivity index (χ4n) is 2.43. The number of pyridine rings is 1. The number of nitrogens with two attached hydrogens (primary N) is 1. The van der Waals surface area contributed by atoms with E-state index in [0.29, 0.717) is 6.54 Å². The van der Waals surface area contributed by atoms with E-state index in [4.69, 9.17) is 5.73 Å². The molecule has 0 aliphatic heterocycles. The molecule has 2 nitrogen and oxygen atoms in total. The Morgan fingerprint density at radius 2 is 1.53 bits per heavy atom. The first-order chi connectivity index (χ1) is 9.38. The Hall–Kier alpha value is -2.19. The minimum Gasteiger partial charge on any atom is -0.325 e. The molecule has 1 heterocycles. The van der Waals surface area contributed by atoms with Gasteiger partial charge in [0.2, 0.25) is 0 Å². The van der Waals surface area contributed by atoms with Crippen LogP contribution in [0.15, 0.2) is 60.8 Å². The van der Waals surface area contributed by atoms with Gasteiger partial charge in [0.05, 0.1) is 5.69 Å². The molecule has 19 heavy (non-hydrogen) atoms. The lowest BCUT2D eigenvalue weighted by Crippen LogP contribution is -2.02. The van der Waals surface area contributed by atoms with E-state index in [-0.39, 0.29) is 0 Å². The van der Waals surface area contributed by atoms with Crippen molar-refractivity contribution in [2.75, 3.05) is 0 Å². The van der Waals surface area contributed by atoms with Gasteiger partial charge in [-0.1, -0.05) is 54.6 Å². The summed E-state index contributed by atoms with van der Waals surface area (Å²) >= 11 is 0. The standard InChI is InChI=1S/C17H16N2/c18-11-17-16-9-5-4-8-15(16)14(12-19-17)10-13-6-2-1-3-7-13/h1-9,12H,10-11,18H2. The first-order valence-corrected chi connectivity index (χ1v) is 6.48. The smallest absolute Gasteiger partial charge is 0.0617 e. The second-order valence-electron chi connectivity index (χ2n) is 4.64. The van der Waals surface area contributed by atoms with E-state index in [2.05, 4.69) is 47.4 Å². The maximum absolute atomic E-state index is 5.76. The Morgan fingerprint density at radius 1 is 0.842 bits per heavy atom. The molecule has 0 atom stereocenters. The van der Waals surface area contributed by atoms with Gasteiger partial charge in [-0.15, -0.1) is 0 Å². The second kappa shape index (κ2) is 5.21. The van der Waals surface area contributed by atoms with Crippen LogP contribution in [0, 0.1) is 0 Å². The number of nitrogens with zero attached hydrogens (tertiary/aromatic N) is 1. The minimum atomic E-state index is 0.478. The van der Waals surface area contributed by atoms with Gasteiger partial charge >= 0.3 is 0 Å². The first-order valence-electron chi connectivity index (χ1n) is 6.48. The van der Waals surface area contributed by atoms with Gasteiger partial charge in [-0.3, -0.25) is 4.98 Å². The summed E-state index contributed by atoms with van der Waals surface area (Å²) in [7, 11) is 0. The Bertz CT molecular complexity index is 690. The Balaban J connectivity index is 2.10. The van der Waals surface area contributed by atoms with E-state index in [9.17, 15) is 0 Å². The average Bonchev–Trinajstić information content (AvgIpc) is 2.49. The van der Waals surface area contributed by atoms with Crippen LogP contribution in [0.25, 0.3) is 10.8 Å². The molecular formula is C17H16N2. The maximum Gasteiger partial charge on any atom is 0.0617 e. The van der Waals surface area contributed by atoms with Gasteiger partial charge < -0.3 is 5.73 Å². The molecule has 0 radical (unpaired) electrons. The third kappa shape index (κ3) is 2.35. The number of rotatable bonds is 3. The van der Waals surface area contributed by atoms with E-state index in [0.717, 1.165) is 12.1 Å². The molecule has 94 valence electrons. The van der Waals surface area contributed by atoms with Gasteiger partial charge in [0.15, 0.2) is 0 Å². The van der Waals surface area contributed by atoms with Crippen LogP contribution < -0.4 is 5.73 Å². The lowest BCUT2D eigenvalue weighted by atomic mass is 9.99. The van der Waals surface area contributed by atoms with Gasteiger partial charge in [-0.25, -0.2) is 0 Å². The average molecular weight is 248 g/mol. The summed E-state index contributed by atoms with van der Waals surface area (Å²) in [5.74, 6) is 0. The molecule has 2 aromatic carbocycles. The summed E-state index contributed by atoms with van der Waals surface area (Å²) < 4.78 is 0. The Kier molecular flexibility index (Phi) is 3.25. The molecule has 0 aliphatic carbocycles. The van der Waals surface area contributed by atoms with Gasteiger partial charge in [-0.2, -0.15) is 0 Å². The monoisotopic (exact) mass is 248 g/mol. The molecular weight excluding hydrogens is 232 g/mol. The van der Waals surface area contributed by atoms with Gasteiger partial charge in [0.1, 0.15) is 0 Å². The zero-order chi connectivity index (χ0) is 13.1. The molecule has 3 rings (SSSR count). The largest absolute Gasteiger partial charge is 0.325 e. The topological polar surface area (TPSA) is 38.9 Å². The highest BCUT2D eigenvalue weighted by molar-refractivity contribution is 5.87. The number of benzene rings is 2. The van der Waals surface area contributed by atoms with Crippen LogP contribution in [0.5, 0.6) is 0 Å². The zero-order valence-corrected chi connectivity index (χ0v) is 10.7. The summed E-state index contributed by atoms with van der Waals surface area (Å²) in [5.41, 5.74) is 9.27. The van der Waals surface area contributed by atoms with Crippen molar-refractivity contribution in [3.8, 4) is 0 Å². The summed E-state index contributed by atoms with van der Waals surface area (Å²) in [6, 6.07) is 18.8. The first kappa shape index (κ1) is 11.9. The molecule has 0 unspecified atom stereocenters. The van der Waals surface area contributed by atoms with E-state index in [1.807, 2.05) is 18.3 Å². The number of fused-ring (bicyclic) bond motifs is 1. The van der Waals surface area contributed by atoms with Gasteiger partial charge in [0, 0.05) is 18.1 Å². The predicted molar refractivity (Wildman–Crippen MR) is 78.9 cm³/mol. The molecule has 0 saturated carbocycles. The number of aromatic nitrogens is 1. The van der Waals surface area contributed by atoms with Crippen LogP contribution in [-0.2, 0) is 13.0 Å². The van der Waals surface area contributed by atoms with Crippen LogP contribution in [0.2, 0.25) is 0 Å². The van der Waals surface area contributed by atoms with Crippen LogP contribution in [0.3, 0.4) is 0 Å². The van der Waals surface area contributed by atoms with Crippen molar-refractivity contribution < 1.29 is 0 Å². The quantitative estimate of drug-likeness (QED) is 0.772. The highest BCUT2D eigenvalue weighted by Crippen LogP contribution is 2.22. The predicted octanol–water partition coefficient (Wildman–Crippen LogP) is 3.28. The molecule has 2 heteroatoms. The number of hydrogen-bond acceptors (Lipinski definition) is 2. The molecule has 0 saturated heterocycles. The van der Waals surface area contributed by atoms with Crippen molar-refractivity contribution in [3.63, 3.8) is 0 Å². The van der Waals surface area contributed by atoms with Crippen molar-refractivity contribution in [2.45, 2.75) is 13.0 Å². The molecule has 0 fully saturated rings. The van der Waals surface area contributed by atoms with Crippen LogP contribution >= 0.6 is 0 Å². The molecule has 3 aromatic rings. The normalized spacial score (nSPS) is 10.8. The molecule has 0 bridgehead atoms. The van der Waals surface area contributed by atoms with E-state index >= 15 is 0 Å². The van der Waals surface area contributed by atoms with Crippen molar-refractivity contribution in [1.29, 1.82) is 0 Å². The fourth-order valence-corrected chi connectivity index (χ4v) is 2.43. The van der Waals surface area contributed by atoms with E-state index < -0.39 is 0 Å². The summed E-state index contributed by atoms with van der Waals surface area (Å²) in [4.78, 5) is 4.50. The molecule has 0 spiro atoms. The maximum atomic E-state index is 5.76. The van der Waals surface area contributed by atoms with Gasteiger partial charge in [0.25, 0.3) is 0 Å². The summed E-state index contributed by atoms with van der Waals surface area (Å²) in [6.45, 7) is 0.478. The van der Waals surface area contributed by atoms with Crippen molar-refractivity contribution in [2.24, 2.45) is 5.73 Å². The van der Waals surface area contributed by atoms with Crippen molar-refractivity contribution in [1.82, 2.24) is 4.98 Å². The molecule has 1 aromatic heterocycles. The summed E-state index contributed by atoms with van der Waals surface area (Å²) in [6.07, 6.45) is 2.86. The molecule has 0 aliphatic rings. The third-order valence-corrected chi connectivity index (χ3v) is 3.39. The highest BCUT2D eigenvalue weighted by atomic mass is 14.7. The third-order valence-electron chi connectivity index (χ3n) is 3.39. The van der Waals surface area contributed by atoms with Crippen LogP contribution in [-0.4, -0.2) is 4.98 Å². The van der Waals surface area contributed by atoms with Gasteiger partial charge in [-0.05, 0) is 22.9 Å². The van der Waals surface area contributed by atoms with Crippen LogP contribution in [0.4, 0.5) is 0 Å². The van der Waals surface area contributed by atoms with Crippen molar-refractivity contribution >= 4 is 10.8 Å². The Morgan fingerprint density at radius 3 is 2.26 bits per heavy atom. The highest BCUT2D eigenvalue weighted by Gasteiger charge is 2.06. The SMILES string of the molecule is NCc1ncc(Cc2ccccc2)c2ccccc12. The molecule has 0 amide bonds. The van der Waals surface area contributed by atoms with E-state index in [1.165, 1.54) is 21.9 Å². The number of hydrogen-bond donors (Lipinski definition) is 1. The zero-order valence-electron chi connectivity index (χ0n) is 10.7. The fraction of sp³-hybridized carbons (Fsp3) is 0.118. The molecule has 2 N–H and O–H groups in total. The van der Waals surface area contributed by atoms with Crippen molar-refractivity contribution in [3.05, 3.63) is 77.6 Å². The summed E-state index contributed by atoms with van der Waals surface area (Å²) in [5, 5.41) is 2.42. The lowest BCUT2D eigenvalue weighted by molar-refractivity contribution is 0.998. The second-order valence-corrected chi connectivity index (χ2v) is 4.64.